The molecule has 6 nitrogen and oxygen atoms in total. The number of nitrogens with one attached hydrogen (secondary N) is 2. The van der Waals surface area contributed by atoms with Gasteiger partial charge in [0, 0.05) is 19.6 Å². The number of amides is 2. The first-order valence-electron chi connectivity index (χ1n) is 6.87. The maximum Gasteiger partial charge on any atom is 0.245 e. The molecule has 1 aromatic rings. The molecule has 1 heterocycles. The van der Waals surface area contributed by atoms with Crippen LogP contribution in [-0.4, -0.2) is 47.6 Å². The molecule has 0 spiro atoms. The Kier molecular flexibility index (Phi) is 5.48. The number of hydroxylamine groups is 1. The number of rotatable bonds is 5. The topological polar surface area (TPSA) is 81.7 Å². The Morgan fingerprint density at radius 1 is 1.43 bits per heavy atom. The first-order valence-corrected chi connectivity index (χ1v) is 6.87. The van der Waals surface area contributed by atoms with Crippen LogP contribution in [0.2, 0.25) is 0 Å². The van der Waals surface area contributed by atoms with E-state index in [4.69, 9.17) is 5.21 Å². The molecule has 1 saturated heterocycles. The summed E-state index contributed by atoms with van der Waals surface area (Å²) in [4.78, 5) is 25.1. The van der Waals surface area contributed by atoms with Crippen LogP contribution < -0.4 is 10.8 Å². The van der Waals surface area contributed by atoms with Crippen molar-refractivity contribution in [1.82, 2.24) is 15.7 Å². The van der Waals surface area contributed by atoms with Gasteiger partial charge in [0.2, 0.25) is 11.8 Å². The van der Waals surface area contributed by atoms with Crippen molar-refractivity contribution in [1.29, 1.82) is 0 Å². The highest BCUT2D eigenvalue weighted by Gasteiger charge is 2.30. The number of nitrogens with zero attached hydrogens (tertiary/aromatic N) is 1. The molecule has 0 radical (unpaired) electrons. The average molecular weight is 289 g/mol. The van der Waals surface area contributed by atoms with Gasteiger partial charge in [-0.05, 0) is 5.56 Å². The Morgan fingerprint density at radius 3 is 2.90 bits per heavy atom. The van der Waals surface area contributed by atoms with E-state index in [1.54, 1.807) is 5.48 Å². The van der Waals surface area contributed by atoms with Crippen LogP contribution in [0.3, 0.4) is 0 Å². The van der Waals surface area contributed by atoms with Gasteiger partial charge in [-0.3, -0.25) is 19.7 Å². The maximum absolute atomic E-state index is 11.9. The van der Waals surface area contributed by atoms with Crippen molar-refractivity contribution in [2.75, 3.05) is 19.6 Å². The first-order chi connectivity index (χ1) is 10.2. The van der Waals surface area contributed by atoms with Crippen LogP contribution >= 0.6 is 0 Å². The van der Waals surface area contributed by atoms with Gasteiger partial charge in [0.25, 0.3) is 0 Å². The van der Waals surface area contributed by atoms with Crippen LogP contribution in [0.4, 0.5) is 0 Å². The van der Waals surface area contributed by atoms with Crippen LogP contribution in [0.5, 0.6) is 0 Å². The van der Waals surface area contributed by atoms with Crippen molar-refractivity contribution < 1.29 is 14.8 Å². The fourth-order valence-corrected chi connectivity index (χ4v) is 2.31. The van der Waals surface area contributed by atoms with E-state index in [2.05, 4.69) is 5.32 Å². The number of benzene rings is 1. The van der Waals surface area contributed by atoms with Gasteiger partial charge in [0.05, 0.1) is 12.5 Å². The van der Waals surface area contributed by atoms with E-state index >= 15 is 0 Å². The molecule has 1 atom stereocenters. The zero-order chi connectivity index (χ0) is 15.1. The van der Waals surface area contributed by atoms with Crippen LogP contribution in [-0.2, 0) is 9.59 Å². The minimum Gasteiger partial charge on any atom is -0.353 e. The predicted molar refractivity (Wildman–Crippen MR) is 78.4 cm³/mol. The Morgan fingerprint density at radius 2 is 2.19 bits per heavy atom. The summed E-state index contributed by atoms with van der Waals surface area (Å²) in [6, 6.07) is 9.32. The van der Waals surface area contributed by atoms with Crippen molar-refractivity contribution in [2.24, 2.45) is 0 Å². The molecular weight excluding hydrogens is 270 g/mol. The fraction of sp³-hybridized carbons (Fsp3) is 0.333. The zero-order valence-electron chi connectivity index (χ0n) is 11.7. The molecule has 1 fully saturated rings. The summed E-state index contributed by atoms with van der Waals surface area (Å²) in [5, 5.41) is 11.3. The highest BCUT2D eigenvalue weighted by atomic mass is 16.5. The third-order valence-electron chi connectivity index (χ3n) is 3.39. The number of carbonyl (C=O) groups is 2. The molecular formula is C15H19N3O3. The molecule has 2 amide bonds. The molecule has 2 rings (SSSR count). The second-order valence-electron chi connectivity index (χ2n) is 4.85. The second kappa shape index (κ2) is 7.56. The predicted octanol–water partition coefficient (Wildman–Crippen LogP) is 0.396. The summed E-state index contributed by atoms with van der Waals surface area (Å²) in [5.41, 5.74) is 2.66. The van der Waals surface area contributed by atoms with Gasteiger partial charge in [-0.1, -0.05) is 42.5 Å². The van der Waals surface area contributed by atoms with Crippen molar-refractivity contribution in [3.05, 3.63) is 42.0 Å². The van der Waals surface area contributed by atoms with Crippen LogP contribution in [0, 0.1) is 0 Å². The minimum atomic E-state index is -0.561. The van der Waals surface area contributed by atoms with E-state index in [1.807, 2.05) is 47.4 Å². The summed E-state index contributed by atoms with van der Waals surface area (Å²) < 4.78 is 0. The summed E-state index contributed by atoms with van der Waals surface area (Å²) >= 11 is 0. The van der Waals surface area contributed by atoms with Gasteiger partial charge >= 0.3 is 0 Å². The molecule has 0 saturated carbocycles. The SMILES string of the molecule is O=C(CC1C(=O)NCCN1C/C=C/c1ccccc1)NO. The van der Waals surface area contributed by atoms with E-state index in [9.17, 15) is 9.59 Å². The molecule has 21 heavy (non-hydrogen) atoms. The van der Waals surface area contributed by atoms with E-state index in [-0.39, 0.29) is 12.3 Å². The van der Waals surface area contributed by atoms with Gasteiger partial charge < -0.3 is 5.32 Å². The van der Waals surface area contributed by atoms with E-state index < -0.39 is 11.9 Å². The first kappa shape index (κ1) is 15.2. The highest BCUT2D eigenvalue weighted by molar-refractivity contribution is 5.88. The molecule has 1 aliphatic heterocycles. The standard InChI is InChI=1S/C15H19N3O3/c19-14(17-21)11-13-15(20)16-8-10-18(13)9-4-7-12-5-2-1-3-6-12/h1-7,13,21H,8-11H2,(H,16,20)(H,17,19)/b7-4+. The normalized spacial score (nSPS) is 19.5. The van der Waals surface area contributed by atoms with Crippen molar-refractivity contribution >= 4 is 17.9 Å². The van der Waals surface area contributed by atoms with Crippen LogP contribution in [0.25, 0.3) is 6.08 Å². The summed E-state index contributed by atoms with van der Waals surface area (Å²) in [7, 11) is 0. The molecule has 112 valence electrons. The molecule has 1 aromatic carbocycles. The van der Waals surface area contributed by atoms with Gasteiger partial charge in [0.1, 0.15) is 0 Å². The smallest absolute Gasteiger partial charge is 0.245 e. The van der Waals surface area contributed by atoms with E-state index in [0.717, 1.165) is 5.56 Å². The Balaban J connectivity index is 1.97. The van der Waals surface area contributed by atoms with Crippen molar-refractivity contribution in [3.8, 4) is 0 Å². The highest BCUT2D eigenvalue weighted by Crippen LogP contribution is 2.10. The molecule has 6 heteroatoms. The molecule has 0 bridgehead atoms. The van der Waals surface area contributed by atoms with Crippen LogP contribution in [0.1, 0.15) is 12.0 Å². The Bertz CT molecular complexity index is 516. The summed E-state index contributed by atoms with van der Waals surface area (Å²) in [6.45, 7) is 1.81. The molecule has 1 aliphatic rings. The van der Waals surface area contributed by atoms with Crippen molar-refractivity contribution in [2.45, 2.75) is 12.5 Å². The number of hydrogen-bond donors (Lipinski definition) is 3. The minimum absolute atomic E-state index is 0.0541. The van der Waals surface area contributed by atoms with E-state index in [1.165, 1.54) is 0 Å². The van der Waals surface area contributed by atoms with Crippen molar-refractivity contribution in [3.63, 3.8) is 0 Å². The lowest BCUT2D eigenvalue weighted by Gasteiger charge is -2.33. The molecule has 3 N–H and O–H groups in total. The van der Waals surface area contributed by atoms with Gasteiger partial charge in [-0.15, -0.1) is 0 Å². The lowest BCUT2D eigenvalue weighted by molar-refractivity contribution is -0.137. The quantitative estimate of drug-likeness (QED) is 0.541. The number of hydrogen-bond acceptors (Lipinski definition) is 4. The maximum atomic E-state index is 11.9. The average Bonchev–Trinajstić information content (AvgIpc) is 2.51. The summed E-state index contributed by atoms with van der Waals surface area (Å²) in [6.07, 6.45) is 3.90. The Hall–Kier alpha value is -2.18. The summed E-state index contributed by atoms with van der Waals surface area (Å²) in [5.74, 6) is -0.743. The molecule has 1 unspecified atom stereocenters. The third kappa shape index (κ3) is 4.40. The van der Waals surface area contributed by atoms with E-state index in [0.29, 0.717) is 19.6 Å². The second-order valence-corrected chi connectivity index (χ2v) is 4.85. The Labute approximate surface area is 123 Å². The van der Waals surface area contributed by atoms with Gasteiger partial charge in [-0.2, -0.15) is 0 Å². The fourth-order valence-electron chi connectivity index (χ4n) is 2.31. The van der Waals surface area contributed by atoms with Crippen LogP contribution in [0.15, 0.2) is 36.4 Å². The zero-order valence-corrected chi connectivity index (χ0v) is 11.7. The lowest BCUT2D eigenvalue weighted by atomic mass is 10.1. The third-order valence-corrected chi connectivity index (χ3v) is 3.39. The number of carbonyl (C=O) groups excluding carboxylic acids is 2. The number of piperazine rings is 1. The lowest BCUT2D eigenvalue weighted by Crippen LogP contribution is -2.56. The monoisotopic (exact) mass is 289 g/mol. The van der Waals surface area contributed by atoms with Gasteiger partial charge in [-0.25, -0.2) is 5.48 Å². The molecule has 0 aromatic heterocycles. The largest absolute Gasteiger partial charge is 0.353 e. The van der Waals surface area contributed by atoms with Gasteiger partial charge in [0.15, 0.2) is 0 Å². The molecule has 0 aliphatic carbocycles.